The van der Waals surface area contributed by atoms with E-state index in [1.54, 1.807) is 30.2 Å². The Balaban J connectivity index is 1.61. The summed E-state index contributed by atoms with van der Waals surface area (Å²) in [5.74, 6) is 0.724. The van der Waals surface area contributed by atoms with Crippen molar-refractivity contribution in [3.05, 3.63) is 82.7 Å². The molecule has 0 radical (unpaired) electrons. The maximum absolute atomic E-state index is 13.2. The van der Waals surface area contributed by atoms with Crippen molar-refractivity contribution in [3.8, 4) is 11.1 Å². The quantitative estimate of drug-likeness (QED) is 0.632. The summed E-state index contributed by atoms with van der Waals surface area (Å²) in [6.07, 6.45) is 2.19. The molecule has 2 aromatic carbocycles. The first-order valence-corrected chi connectivity index (χ1v) is 9.42. The molecule has 0 aliphatic carbocycles. The van der Waals surface area contributed by atoms with Gasteiger partial charge in [0.05, 0.1) is 12.8 Å². The van der Waals surface area contributed by atoms with Gasteiger partial charge in [-0.15, -0.1) is 0 Å². The van der Waals surface area contributed by atoms with Crippen molar-refractivity contribution in [1.29, 1.82) is 0 Å². The zero-order valence-electron chi connectivity index (χ0n) is 15.9. The van der Waals surface area contributed by atoms with Crippen molar-refractivity contribution in [2.45, 2.75) is 19.4 Å². The van der Waals surface area contributed by atoms with E-state index in [-0.39, 0.29) is 5.91 Å². The fraction of sp³-hybridized carbons (Fsp3) is 0.190. The number of hydrogen-bond acceptors (Lipinski definition) is 6. The molecule has 0 saturated heterocycles. The maximum Gasteiger partial charge on any atom is 0.258 e. The average Bonchev–Trinajstić information content (AvgIpc) is 3.34. The Morgan fingerprint density at radius 1 is 1.24 bits per heavy atom. The molecule has 7 nitrogen and oxygen atoms in total. The lowest BCUT2D eigenvalue weighted by Gasteiger charge is -2.20. The van der Waals surface area contributed by atoms with Crippen molar-refractivity contribution in [1.82, 2.24) is 20.5 Å². The standard InChI is InChI=1S/C21H19ClN4O3/c1-13-23-20(29-24-13)19-11-16(25-28-2)12-26(19)21(27)15-9-7-14(8-10-15)17-5-3-4-6-18(17)22/h3-10,12,19,25H,11H2,1-2H3. The number of hydroxylamine groups is 1. The molecule has 29 heavy (non-hydrogen) atoms. The van der Waals surface area contributed by atoms with Crippen LogP contribution in [0.3, 0.4) is 0 Å². The molecule has 4 rings (SSSR count). The van der Waals surface area contributed by atoms with Gasteiger partial charge in [0.25, 0.3) is 5.91 Å². The van der Waals surface area contributed by atoms with Crippen molar-refractivity contribution in [2.75, 3.05) is 7.11 Å². The van der Waals surface area contributed by atoms with Gasteiger partial charge in [-0.1, -0.05) is 47.1 Å². The minimum Gasteiger partial charge on any atom is -0.337 e. The van der Waals surface area contributed by atoms with Crippen LogP contribution < -0.4 is 5.48 Å². The van der Waals surface area contributed by atoms with Crippen LogP contribution in [0.1, 0.15) is 34.5 Å². The van der Waals surface area contributed by atoms with E-state index in [1.165, 1.54) is 7.11 Å². The summed E-state index contributed by atoms with van der Waals surface area (Å²) in [5, 5.41) is 4.50. The highest BCUT2D eigenvalue weighted by molar-refractivity contribution is 6.33. The topological polar surface area (TPSA) is 80.5 Å². The first kappa shape index (κ1) is 19.2. The van der Waals surface area contributed by atoms with Gasteiger partial charge in [-0.05, 0) is 30.7 Å². The van der Waals surface area contributed by atoms with Crippen LogP contribution in [0.25, 0.3) is 11.1 Å². The summed E-state index contributed by atoms with van der Waals surface area (Å²) in [5.41, 5.74) is 5.93. The first-order chi connectivity index (χ1) is 14.1. The zero-order chi connectivity index (χ0) is 20.4. The number of rotatable bonds is 5. The Labute approximate surface area is 172 Å². The summed E-state index contributed by atoms with van der Waals surface area (Å²) in [7, 11) is 1.52. The highest BCUT2D eigenvalue weighted by Crippen LogP contribution is 2.34. The second-order valence-corrected chi connectivity index (χ2v) is 7.04. The van der Waals surface area contributed by atoms with E-state index in [0.29, 0.717) is 28.7 Å². The van der Waals surface area contributed by atoms with Crippen LogP contribution in [0.15, 0.2) is 65.0 Å². The van der Waals surface area contributed by atoms with Gasteiger partial charge in [-0.25, -0.2) is 0 Å². The molecule has 1 unspecified atom stereocenters. The Kier molecular flexibility index (Phi) is 5.33. The van der Waals surface area contributed by atoms with E-state index >= 15 is 0 Å². The van der Waals surface area contributed by atoms with Gasteiger partial charge >= 0.3 is 0 Å². The number of hydrogen-bond donors (Lipinski definition) is 1. The van der Waals surface area contributed by atoms with Gasteiger partial charge in [-0.2, -0.15) is 4.98 Å². The molecule has 1 aromatic heterocycles. The number of aryl methyl sites for hydroxylation is 1. The molecule has 2 heterocycles. The van der Waals surface area contributed by atoms with Crippen LogP contribution in [0.5, 0.6) is 0 Å². The minimum absolute atomic E-state index is 0.176. The third kappa shape index (κ3) is 3.87. The van der Waals surface area contributed by atoms with E-state index in [2.05, 4.69) is 15.6 Å². The lowest BCUT2D eigenvalue weighted by atomic mass is 10.0. The monoisotopic (exact) mass is 410 g/mol. The second-order valence-electron chi connectivity index (χ2n) is 6.63. The van der Waals surface area contributed by atoms with Gasteiger partial charge < -0.3 is 9.42 Å². The van der Waals surface area contributed by atoms with Gasteiger partial charge in [0, 0.05) is 28.8 Å². The molecule has 1 aliphatic rings. The summed E-state index contributed by atoms with van der Waals surface area (Å²) < 4.78 is 5.31. The van der Waals surface area contributed by atoms with Crippen LogP contribution in [0, 0.1) is 6.92 Å². The number of halogens is 1. The van der Waals surface area contributed by atoms with E-state index in [1.807, 2.05) is 36.4 Å². The fourth-order valence-corrected chi connectivity index (χ4v) is 3.55. The minimum atomic E-state index is -0.399. The highest BCUT2D eigenvalue weighted by Gasteiger charge is 2.35. The van der Waals surface area contributed by atoms with E-state index < -0.39 is 6.04 Å². The molecule has 0 bridgehead atoms. The Morgan fingerprint density at radius 3 is 2.66 bits per heavy atom. The largest absolute Gasteiger partial charge is 0.337 e. The number of aromatic nitrogens is 2. The van der Waals surface area contributed by atoms with E-state index in [4.69, 9.17) is 21.0 Å². The predicted molar refractivity (Wildman–Crippen MR) is 108 cm³/mol. The van der Waals surface area contributed by atoms with Gasteiger partial charge in [0.15, 0.2) is 5.82 Å². The van der Waals surface area contributed by atoms with Crippen LogP contribution >= 0.6 is 11.6 Å². The van der Waals surface area contributed by atoms with Crippen molar-refractivity contribution >= 4 is 17.5 Å². The SMILES string of the molecule is CONC1=CN(C(=O)c2ccc(-c3ccccc3Cl)cc2)C(c2nc(C)no2)C1. The van der Waals surface area contributed by atoms with Crippen molar-refractivity contribution in [2.24, 2.45) is 0 Å². The number of nitrogens with one attached hydrogen (secondary N) is 1. The smallest absolute Gasteiger partial charge is 0.258 e. The Bertz CT molecular complexity index is 1060. The van der Waals surface area contributed by atoms with Crippen LogP contribution in [0.4, 0.5) is 0 Å². The zero-order valence-corrected chi connectivity index (χ0v) is 16.7. The molecule has 1 N–H and O–H groups in total. The van der Waals surface area contributed by atoms with Crippen LogP contribution in [-0.4, -0.2) is 28.1 Å². The van der Waals surface area contributed by atoms with Gasteiger partial charge in [0.2, 0.25) is 5.89 Å². The average molecular weight is 411 g/mol. The molecule has 148 valence electrons. The molecule has 1 atom stereocenters. The lowest BCUT2D eigenvalue weighted by Crippen LogP contribution is -2.27. The number of benzene rings is 2. The fourth-order valence-electron chi connectivity index (χ4n) is 3.31. The van der Waals surface area contributed by atoms with Crippen LogP contribution in [0.2, 0.25) is 5.02 Å². The predicted octanol–water partition coefficient (Wildman–Crippen LogP) is 4.28. The second kappa shape index (κ2) is 8.06. The molecule has 3 aromatic rings. The summed E-state index contributed by atoms with van der Waals surface area (Å²) in [6.45, 7) is 1.74. The number of carbonyl (C=O) groups is 1. The Morgan fingerprint density at radius 2 is 2.00 bits per heavy atom. The highest BCUT2D eigenvalue weighted by atomic mass is 35.5. The molecule has 1 amide bonds. The summed E-state index contributed by atoms with van der Waals surface area (Å²) in [4.78, 5) is 24.1. The van der Waals surface area contributed by atoms with Crippen molar-refractivity contribution < 1.29 is 14.2 Å². The molecule has 0 saturated carbocycles. The molecule has 0 fully saturated rings. The molecular weight excluding hydrogens is 392 g/mol. The maximum atomic E-state index is 13.2. The molecule has 1 aliphatic heterocycles. The number of nitrogens with zero attached hydrogens (tertiary/aromatic N) is 3. The van der Waals surface area contributed by atoms with Crippen LogP contribution in [-0.2, 0) is 4.84 Å². The normalized spacial score (nSPS) is 16.0. The number of amides is 1. The number of carbonyl (C=O) groups excluding carboxylic acids is 1. The lowest BCUT2D eigenvalue weighted by molar-refractivity contribution is 0.0760. The third-order valence-corrected chi connectivity index (χ3v) is 4.99. The third-order valence-electron chi connectivity index (χ3n) is 4.66. The molecule has 0 spiro atoms. The molecule has 8 heteroatoms. The van der Waals surface area contributed by atoms with Gasteiger partial charge in [-0.3, -0.25) is 15.1 Å². The molecular formula is C21H19ClN4O3. The van der Waals surface area contributed by atoms with Crippen molar-refractivity contribution in [3.63, 3.8) is 0 Å². The van der Waals surface area contributed by atoms with E-state index in [9.17, 15) is 4.79 Å². The Hall–Kier alpha value is -3.16. The van der Waals surface area contributed by atoms with Gasteiger partial charge in [0.1, 0.15) is 6.04 Å². The van der Waals surface area contributed by atoms with E-state index in [0.717, 1.165) is 16.8 Å². The summed E-state index contributed by atoms with van der Waals surface area (Å²) >= 11 is 6.27. The summed E-state index contributed by atoms with van der Waals surface area (Å²) in [6, 6.07) is 14.5. The first-order valence-electron chi connectivity index (χ1n) is 9.04.